The first kappa shape index (κ1) is 14.0. The molecule has 0 spiro atoms. The Morgan fingerprint density at radius 2 is 2.12 bits per heavy atom. The van der Waals surface area contributed by atoms with Crippen LogP contribution in [0.3, 0.4) is 0 Å². The lowest BCUT2D eigenvalue weighted by molar-refractivity contribution is -0.385. The second-order valence-electron chi connectivity index (χ2n) is 3.78. The van der Waals surface area contributed by atoms with Crippen LogP contribution in [-0.2, 0) is 5.33 Å². The SMILES string of the molecule is CCCN(CC)c1ccc([N+](=O)[O-])c(CBr)c1. The van der Waals surface area contributed by atoms with Crippen LogP contribution in [0.2, 0.25) is 0 Å². The van der Waals surface area contributed by atoms with Crippen molar-refractivity contribution in [2.45, 2.75) is 25.6 Å². The van der Waals surface area contributed by atoms with Crippen LogP contribution in [0, 0.1) is 10.1 Å². The first-order chi connectivity index (χ1) is 8.13. The molecule has 0 amide bonds. The smallest absolute Gasteiger partial charge is 0.273 e. The van der Waals surface area contributed by atoms with Gasteiger partial charge in [0.15, 0.2) is 0 Å². The Hall–Kier alpha value is -1.10. The topological polar surface area (TPSA) is 46.4 Å². The number of anilines is 1. The average Bonchev–Trinajstić information content (AvgIpc) is 2.34. The molecular weight excluding hydrogens is 284 g/mol. The van der Waals surface area contributed by atoms with E-state index < -0.39 is 0 Å². The molecule has 0 aliphatic rings. The summed E-state index contributed by atoms with van der Waals surface area (Å²) in [5.41, 5.74) is 1.95. The van der Waals surface area contributed by atoms with Gasteiger partial charge in [0.25, 0.3) is 5.69 Å². The van der Waals surface area contributed by atoms with Gasteiger partial charge in [0.1, 0.15) is 0 Å². The Labute approximate surface area is 110 Å². The molecule has 0 N–H and O–H groups in total. The van der Waals surface area contributed by atoms with Crippen LogP contribution in [-0.4, -0.2) is 18.0 Å². The zero-order valence-corrected chi connectivity index (χ0v) is 11.7. The van der Waals surface area contributed by atoms with E-state index in [1.165, 1.54) is 0 Å². The molecular formula is C12H17BrN2O2. The summed E-state index contributed by atoms with van der Waals surface area (Å²) < 4.78 is 0. The summed E-state index contributed by atoms with van der Waals surface area (Å²) >= 11 is 3.30. The molecule has 0 saturated carbocycles. The minimum Gasteiger partial charge on any atom is -0.372 e. The minimum absolute atomic E-state index is 0.179. The highest BCUT2D eigenvalue weighted by Crippen LogP contribution is 2.26. The Morgan fingerprint density at radius 3 is 2.59 bits per heavy atom. The van der Waals surface area contributed by atoms with Gasteiger partial charge in [-0.05, 0) is 25.5 Å². The van der Waals surface area contributed by atoms with E-state index in [2.05, 4.69) is 34.7 Å². The summed E-state index contributed by atoms with van der Waals surface area (Å²) in [5, 5.41) is 11.3. The summed E-state index contributed by atoms with van der Waals surface area (Å²) in [6.07, 6.45) is 1.06. The molecule has 17 heavy (non-hydrogen) atoms. The fourth-order valence-corrected chi connectivity index (χ4v) is 2.24. The summed E-state index contributed by atoms with van der Waals surface area (Å²) in [6, 6.07) is 5.31. The van der Waals surface area contributed by atoms with E-state index in [1.807, 2.05) is 12.1 Å². The second kappa shape index (κ2) is 6.59. The maximum Gasteiger partial charge on any atom is 0.273 e. The fraction of sp³-hybridized carbons (Fsp3) is 0.500. The molecule has 0 fully saturated rings. The number of halogens is 1. The Kier molecular flexibility index (Phi) is 5.41. The van der Waals surface area contributed by atoms with Crippen LogP contribution >= 0.6 is 15.9 Å². The average molecular weight is 301 g/mol. The summed E-state index contributed by atoms with van der Waals surface area (Å²) in [6.45, 7) is 6.09. The van der Waals surface area contributed by atoms with Gasteiger partial charge in [-0.15, -0.1) is 0 Å². The maximum absolute atomic E-state index is 10.8. The number of nitro groups is 1. The van der Waals surface area contributed by atoms with Gasteiger partial charge in [0.05, 0.1) is 4.92 Å². The number of nitrogens with zero attached hydrogens (tertiary/aromatic N) is 2. The summed E-state index contributed by atoms with van der Waals surface area (Å²) in [4.78, 5) is 12.7. The molecule has 1 rings (SSSR count). The van der Waals surface area contributed by atoms with Crippen molar-refractivity contribution in [1.82, 2.24) is 0 Å². The van der Waals surface area contributed by atoms with Crippen molar-refractivity contribution in [3.05, 3.63) is 33.9 Å². The highest BCUT2D eigenvalue weighted by Gasteiger charge is 2.14. The Bertz CT molecular complexity index is 396. The number of hydrogen-bond acceptors (Lipinski definition) is 3. The van der Waals surface area contributed by atoms with Crippen LogP contribution < -0.4 is 4.90 Å². The third-order valence-electron chi connectivity index (χ3n) is 2.64. The summed E-state index contributed by atoms with van der Waals surface area (Å²) in [5.74, 6) is 0. The second-order valence-corrected chi connectivity index (χ2v) is 4.34. The molecule has 0 radical (unpaired) electrons. The van der Waals surface area contributed by atoms with Crippen LogP contribution in [0.1, 0.15) is 25.8 Å². The number of alkyl halides is 1. The quantitative estimate of drug-likeness (QED) is 0.457. The Balaban J connectivity index is 3.07. The molecule has 4 nitrogen and oxygen atoms in total. The predicted octanol–water partition coefficient (Wildman–Crippen LogP) is 3.73. The molecule has 94 valence electrons. The van der Waals surface area contributed by atoms with E-state index >= 15 is 0 Å². The van der Waals surface area contributed by atoms with Crippen molar-refractivity contribution in [1.29, 1.82) is 0 Å². The van der Waals surface area contributed by atoms with Crippen molar-refractivity contribution in [3.63, 3.8) is 0 Å². The van der Waals surface area contributed by atoms with Gasteiger partial charge in [-0.2, -0.15) is 0 Å². The van der Waals surface area contributed by atoms with Crippen molar-refractivity contribution in [2.24, 2.45) is 0 Å². The number of benzene rings is 1. The summed E-state index contributed by atoms with van der Waals surface area (Å²) in [7, 11) is 0. The monoisotopic (exact) mass is 300 g/mol. The Morgan fingerprint density at radius 1 is 1.41 bits per heavy atom. The van der Waals surface area contributed by atoms with Gasteiger partial charge in [-0.1, -0.05) is 22.9 Å². The molecule has 0 bridgehead atoms. The molecule has 0 aliphatic carbocycles. The van der Waals surface area contributed by atoms with E-state index in [4.69, 9.17) is 0 Å². The van der Waals surface area contributed by atoms with Gasteiger partial charge in [-0.25, -0.2) is 0 Å². The van der Waals surface area contributed by atoms with E-state index in [1.54, 1.807) is 6.07 Å². The van der Waals surface area contributed by atoms with Crippen molar-refractivity contribution >= 4 is 27.3 Å². The molecule has 0 aliphatic heterocycles. The largest absolute Gasteiger partial charge is 0.372 e. The van der Waals surface area contributed by atoms with Crippen molar-refractivity contribution in [2.75, 3.05) is 18.0 Å². The van der Waals surface area contributed by atoms with Gasteiger partial charge in [0, 0.05) is 35.7 Å². The molecule has 1 aromatic rings. The maximum atomic E-state index is 10.8. The standard InChI is InChI=1S/C12H17BrN2O2/c1-3-7-14(4-2)11-5-6-12(15(16)17)10(8-11)9-13/h5-6,8H,3-4,7,9H2,1-2H3. The van der Waals surface area contributed by atoms with Gasteiger partial charge in [0.2, 0.25) is 0 Å². The first-order valence-corrected chi connectivity index (χ1v) is 6.84. The van der Waals surface area contributed by atoms with E-state index in [0.29, 0.717) is 5.33 Å². The van der Waals surface area contributed by atoms with Crippen LogP contribution in [0.25, 0.3) is 0 Å². The number of nitro benzene ring substituents is 1. The zero-order valence-electron chi connectivity index (χ0n) is 10.1. The molecule has 5 heteroatoms. The number of rotatable bonds is 6. The molecule has 0 atom stereocenters. The van der Waals surface area contributed by atoms with Crippen molar-refractivity contribution < 1.29 is 4.92 Å². The third-order valence-corrected chi connectivity index (χ3v) is 3.25. The first-order valence-electron chi connectivity index (χ1n) is 5.72. The number of hydrogen-bond donors (Lipinski definition) is 0. The van der Waals surface area contributed by atoms with Crippen molar-refractivity contribution in [3.8, 4) is 0 Å². The molecule has 0 aromatic heterocycles. The molecule has 0 heterocycles. The van der Waals surface area contributed by atoms with Gasteiger partial charge >= 0.3 is 0 Å². The molecule has 1 aromatic carbocycles. The van der Waals surface area contributed by atoms with Crippen LogP contribution in [0.4, 0.5) is 11.4 Å². The lowest BCUT2D eigenvalue weighted by Crippen LogP contribution is -2.23. The predicted molar refractivity (Wildman–Crippen MR) is 73.9 cm³/mol. The van der Waals surface area contributed by atoms with E-state index in [-0.39, 0.29) is 10.6 Å². The van der Waals surface area contributed by atoms with E-state index in [0.717, 1.165) is 30.8 Å². The molecule has 0 unspecified atom stereocenters. The highest BCUT2D eigenvalue weighted by atomic mass is 79.9. The molecule has 0 saturated heterocycles. The lowest BCUT2D eigenvalue weighted by Gasteiger charge is -2.22. The van der Waals surface area contributed by atoms with Crippen LogP contribution in [0.15, 0.2) is 18.2 Å². The van der Waals surface area contributed by atoms with Crippen LogP contribution in [0.5, 0.6) is 0 Å². The third kappa shape index (κ3) is 3.43. The lowest BCUT2D eigenvalue weighted by atomic mass is 10.1. The minimum atomic E-state index is -0.337. The van der Waals surface area contributed by atoms with Gasteiger partial charge in [-0.3, -0.25) is 10.1 Å². The van der Waals surface area contributed by atoms with Gasteiger partial charge < -0.3 is 4.90 Å². The zero-order chi connectivity index (χ0) is 12.8. The normalized spacial score (nSPS) is 10.3. The fourth-order valence-electron chi connectivity index (χ4n) is 1.79. The van der Waals surface area contributed by atoms with E-state index in [9.17, 15) is 10.1 Å². The highest BCUT2D eigenvalue weighted by molar-refractivity contribution is 9.08.